The van der Waals surface area contributed by atoms with Gasteiger partial charge in [0.15, 0.2) is 5.78 Å². The smallest absolute Gasteiger partial charge is 0.340 e. The number of carbonyl (C=O) groups is 2. The average Bonchev–Trinajstić information content (AvgIpc) is 2.86. The van der Waals surface area contributed by atoms with Crippen LogP contribution in [0.3, 0.4) is 0 Å². The zero-order valence-electron chi connectivity index (χ0n) is 16.0. The van der Waals surface area contributed by atoms with Crippen LogP contribution in [-0.2, 0) is 4.74 Å². The van der Waals surface area contributed by atoms with E-state index in [0.29, 0.717) is 28.2 Å². The van der Waals surface area contributed by atoms with Crippen LogP contribution in [0.4, 0.5) is 0 Å². The number of ether oxygens (including phenoxy) is 1. The van der Waals surface area contributed by atoms with Gasteiger partial charge in [0.05, 0.1) is 23.5 Å². The number of esters is 1. The van der Waals surface area contributed by atoms with Crippen LogP contribution in [0.2, 0.25) is 0 Å². The van der Waals surface area contributed by atoms with Gasteiger partial charge in [-0.3, -0.25) is 4.79 Å². The summed E-state index contributed by atoms with van der Waals surface area (Å²) in [5.41, 5.74) is 2.48. The molecule has 1 N–H and O–H groups in total. The highest BCUT2D eigenvalue weighted by Crippen LogP contribution is 2.60. The number of hydrogen-bond donors (Lipinski definition) is 1. The minimum Gasteiger partial charge on any atom is -0.462 e. The van der Waals surface area contributed by atoms with Gasteiger partial charge in [-0.05, 0) is 77.0 Å². The predicted octanol–water partition coefficient (Wildman–Crippen LogP) is 4.69. The van der Waals surface area contributed by atoms with E-state index in [1.54, 1.807) is 6.92 Å². The fourth-order valence-electron chi connectivity index (χ4n) is 6.09. The monoisotopic (exact) mass is 375 g/mol. The summed E-state index contributed by atoms with van der Waals surface area (Å²) in [6.07, 6.45) is 8.09. The molecule has 0 spiro atoms. The topological polar surface area (TPSA) is 59.2 Å². The summed E-state index contributed by atoms with van der Waals surface area (Å²) in [5.74, 6) is 2.80. The maximum Gasteiger partial charge on any atom is 0.340 e. The Balaban J connectivity index is 1.50. The number of H-pyrrole nitrogens is 1. The minimum absolute atomic E-state index is 0.0654. The summed E-state index contributed by atoms with van der Waals surface area (Å²) in [6, 6.07) is 0. The molecule has 0 amide bonds. The Morgan fingerprint density at radius 1 is 1.04 bits per heavy atom. The first-order valence-electron chi connectivity index (χ1n) is 9.94. The van der Waals surface area contributed by atoms with Crippen molar-refractivity contribution in [2.75, 3.05) is 12.4 Å². The summed E-state index contributed by atoms with van der Waals surface area (Å²) < 4.78 is 5.49. The first-order valence-corrected chi connectivity index (χ1v) is 10.9. The first-order chi connectivity index (χ1) is 12.4. The maximum absolute atomic E-state index is 13.1. The number of ketones is 1. The largest absolute Gasteiger partial charge is 0.462 e. The van der Waals surface area contributed by atoms with Gasteiger partial charge in [-0.15, -0.1) is 11.8 Å². The van der Waals surface area contributed by atoms with Crippen molar-refractivity contribution >= 4 is 23.5 Å². The summed E-state index contributed by atoms with van der Waals surface area (Å²) in [7, 11) is 0. The molecule has 4 nitrogen and oxygen atoms in total. The second-order valence-electron chi connectivity index (χ2n) is 8.66. The Bertz CT molecular complexity index is 701. The maximum atomic E-state index is 13.1. The number of nitrogens with one attached hydrogen (secondary N) is 1. The number of carbonyl (C=O) groups excluding carboxylic acids is 2. The van der Waals surface area contributed by atoms with E-state index in [9.17, 15) is 9.59 Å². The molecule has 4 saturated carbocycles. The lowest BCUT2D eigenvalue weighted by Gasteiger charge is -2.56. The van der Waals surface area contributed by atoms with Gasteiger partial charge < -0.3 is 9.72 Å². The number of rotatable bonds is 6. The molecule has 4 bridgehead atoms. The van der Waals surface area contributed by atoms with E-state index in [4.69, 9.17) is 4.74 Å². The van der Waals surface area contributed by atoms with Gasteiger partial charge in [0.1, 0.15) is 0 Å². The van der Waals surface area contributed by atoms with Crippen molar-refractivity contribution in [1.29, 1.82) is 0 Å². The SMILES string of the molecule is CCOC(=O)c1c(C)[nH]c(C)c1C(=O)CSC12CC3CC(CC(C3)C1)C2. The van der Waals surface area contributed by atoms with Gasteiger partial charge in [0.25, 0.3) is 0 Å². The minimum atomic E-state index is -0.391. The molecule has 0 radical (unpaired) electrons. The first kappa shape index (κ1) is 18.1. The van der Waals surface area contributed by atoms with Crippen molar-refractivity contribution in [3.8, 4) is 0 Å². The number of aromatic nitrogens is 1. The molecule has 4 aliphatic carbocycles. The molecule has 4 aliphatic rings. The Morgan fingerprint density at radius 3 is 2.12 bits per heavy atom. The number of aromatic amines is 1. The van der Waals surface area contributed by atoms with Crippen LogP contribution < -0.4 is 0 Å². The molecular weight excluding hydrogens is 346 g/mol. The molecule has 142 valence electrons. The lowest BCUT2D eigenvalue weighted by atomic mass is 9.56. The van der Waals surface area contributed by atoms with Crippen LogP contribution in [-0.4, -0.2) is 33.8 Å². The summed E-state index contributed by atoms with van der Waals surface area (Å²) in [4.78, 5) is 28.5. The number of aryl methyl sites for hydroxylation is 2. The molecular formula is C21H29NO3S. The van der Waals surface area contributed by atoms with Crippen molar-refractivity contribution in [3.63, 3.8) is 0 Å². The molecule has 0 aromatic carbocycles. The van der Waals surface area contributed by atoms with Crippen LogP contribution >= 0.6 is 11.8 Å². The molecule has 0 aliphatic heterocycles. The van der Waals surface area contributed by atoms with E-state index in [1.807, 2.05) is 25.6 Å². The van der Waals surface area contributed by atoms with Gasteiger partial charge in [-0.1, -0.05) is 0 Å². The zero-order valence-corrected chi connectivity index (χ0v) is 16.8. The van der Waals surface area contributed by atoms with Gasteiger partial charge in [0, 0.05) is 16.1 Å². The van der Waals surface area contributed by atoms with E-state index in [1.165, 1.54) is 38.5 Å². The zero-order chi connectivity index (χ0) is 18.5. The molecule has 4 fully saturated rings. The fraction of sp³-hybridized carbons (Fsp3) is 0.714. The highest BCUT2D eigenvalue weighted by Gasteiger charge is 2.51. The molecule has 0 atom stereocenters. The molecule has 1 aromatic heterocycles. The van der Waals surface area contributed by atoms with E-state index in [0.717, 1.165) is 29.1 Å². The van der Waals surface area contributed by atoms with Crippen LogP contribution in [0.5, 0.6) is 0 Å². The van der Waals surface area contributed by atoms with Crippen molar-refractivity contribution in [2.24, 2.45) is 17.8 Å². The highest BCUT2D eigenvalue weighted by atomic mass is 32.2. The molecule has 5 heteroatoms. The lowest BCUT2D eigenvalue weighted by molar-refractivity contribution is 0.0383. The van der Waals surface area contributed by atoms with E-state index in [-0.39, 0.29) is 5.78 Å². The second-order valence-corrected chi connectivity index (χ2v) is 10.1. The molecule has 1 aromatic rings. The Hall–Kier alpha value is -1.23. The molecule has 26 heavy (non-hydrogen) atoms. The molecule has 0 saturated heterocycles. The van der Waals surface area contributed by atoms with Crippen LogP contribution in [0.1, 0.15) is 77.6 Å². The van der Waals surface area contributed by atoms with Gasteiger partial charge in [0.2, 0.25) is 0 Å². The number of hydrogen-bond acceptors (Lipinski definition) is 4. The van der Waals surface area contributed by atoms with Crippen LogP contribution in [0.25, 0.3) is 0 Å². The Morgan fingerprint density at radius 2 is 1.58 bits per heavy atom. The van der Waals surface area contributed by atoms with Crippen LogP contribution in [0, 0.1) is 31.6 Å². The quantitative estimate of drug-likeness (QED) is 0.579. The number of Topliss-reactive ketones (excluding diaryl/α,β-unsaturated/α-hetero) is 1. The fourth-order valence-corrected chi connectivity index (χ4v) is 7.73. The molecule has 0 unspecified atom stereocenters. The molecule has 1 heterocycles. The van der Waals surface area contributed by atoms with Gasteiger partial charge >= 0.3 is 5.97 Å². The average molecular weight is 376 g/mol. The van der Waals surface area contributed by atoms with Crippen molar-refractivity contribution in [2.45, 2.75) is 64.0 Å². The Kier molecular flexibility index (Phi) is 4.70. The van der Waals surface area contributed by atoms with Crippen molar-refractivity contribution < 1.29 is 14.3 Å². The highest BCUT2D eigenvalue weighted by molar-refractivity contribution is 8.01. The number of thioether (sulfide) groups is 1. The summed E-state index contributed by atoms with van der Waals surface area (Å²) >= 11 is 1.87. The lowest BCUT2D eigenvalue weighted by Crippen LogP contribution is -2.48. The van der Waals surface area contributed by atoms with Crippen molar-refractivity contribution in [1.82, 2.24) is 4.98 Å². The predicted molar refractivity (Wildman–Crippen MR) is 104 cm³/mol. The van der Waals surface area contributed by atoms with Crippen molar-refractivity contribution in [3.05, 3.63) is 22.5 Å². The molecule has 5 rings (SSSR count). The van der Waals surface area contributed by atoms with E-state index < -0.39 is 5.97 Å². The standard InChI is InChI=1S/C21H29NO3S/c1-4-25-20(24)19-13(3)22-12(2)18(19)17(23)11-26-21-8-14-5-15(9-21)7-16(6-14)10-21/h14-16,22H,4-11H2,1-3H3. The third kappa shape index (κ3) is 3.12. The van der Waals surface area contributed by atoms with Crippen LogP contribution in [0.15, 0.2) is 0 Å². The van der Waals surface area contributed by atoms with Gasteiger partial charge in [-0.2, -0.15) is 0 Å². The third-order valence-corrected chi connectivity index (χ3v) is 8.14. The second kappa shape index (κ2) is 6.74. The third-order valence-electron chi connectivity index (χ3n) is 6.62. The Labute approximate surface area is 159 Å². The normalized spacial score (nSPS) is 32.0. The summed E-state index contributed by atoms with van der Waals surface area (Å²) in [6.45, 7) is 5.82. The summed E-state index contributed by atoms with van der Waals surface area (Å²) in [5, 5.41) is 0. The van der Waals surface area contributed by atoms with Gasteiger partial charge in [-0.25, -0.2) is 4.79 Å². The van der Waals surface area contributed by atoms with E-state index >= 15 is 0 Å². The van der Waals surface area contributed by atoms with E-state index in [2.05, 4.69) is 4.98 Å².